The minimum Gasteiger partial charge on any atom is -0.467 e. The molecule has 2 N–H and O–H groups in total. The number of hydrogen-bond donors (Lipinski definition) is 2. The highest BCUT2D eigenvalue weighted by Gasteiger charge is 2.69. The Kier molecular flexibility index (Phi) is 5.14. The molecule has 0 aromatic carbocycles. The van der Waals surface area contributed by atoms with Crippen molar-refractivity contribution in [1.82, 2.24) is 10.6 Å². The standard InChI is InChI=1S/C17H18Cl2N2O6/c1-3-25-13(22)11-9(7-27-14(23)16(2)8-17(16,18)19)20-15(24)21-12(11)10-5-4-6-26-10/h4-6,12H,3,7-8H2,1-2H3,(H2,20,21,24)/t12-,16+/m0/s1. The van der Waals surface area contributed by atoms with E-state index < -0.39 is 33.8 Å². The molecule has 1 aliphatic heterocycles. The number of carbonyl (C=O) groups excluding carboxylic acids is 3. The van der Waals surface area contributed by atoms with Gasteiger partial charge >= 0.3 is 18.0 Å². The van der Waals surface area contributed by atoms with Gasteiger partial charge in [-0.3, -0.25) is 4.79 Å². The summed E-state index contributed by atoms with van der Waals surface area (Å²) in [5.74, 6) is -0.948. The summed E-state index contributed by atoms with van der Waals surface area (Å²) < 4.78 is 14.5. The molecule has 2 aliphatic rings. The first kappa shape index (κ1) is 19.6. The lowest BCUT2D eigenvalue weighted by Gasteiger charge is -2.27. The van der Waals surface area contributed by atoms with E-state index in [-0.39, 0.29) is 30.9 Å². The van der Waals surface area contributed by atoms with E-state index in [1.807, 2.05) is 0 Å². The average molecular weight is 417 g/mol. The number of urea groups is 1. The molecule has 2 amide bonds. The number of esters is 2. The van der Waals surface area contributed by atoms with Crippen LogP contribution in [0.15, 0.2) is 34.1 Å². The van der Waals surface area contributed by atoms with Crippen LogP contribution >= 0.6 is 23.2 Å². The maximum atomic E-state index is 12.5. The van der Waals surface area contributed by atoms with Crippen molar-refractivity contribution in [2.75, 3.05) is 13.2 Å². The maximum Gasteiger partial charge on any atom is 0.338 e. The van der Waals surface area contributed by atoms with E-state index in [1.54, 1.807) is 26.0 Å². The highest BCUT2D eigenvalue weighted by molar-refractivity contribution is 6.53. The smallest absolute Gasteiger partial charge is 0.338 e. The molecule has 1 aromatic rings. The number of rotatable bonds is 6. The summed E-state index contributed by atoms with van der Waals surface area (Å²) >= 11 is 12.0. The number of alkyl halides is 2. The van der Waals surface area contributed by atoms with Crippen LogP contribution in [-0.4, -0.2) is 35.5 Å². The quantitative estimate of drug-likeness (QED) is 0.544. The van der Waals surface area contributed by atoms with Gasteiger partial charge in [-0.25, -0.2) is 9.59 Å². The minimum absolute atomic E-state index is 0.0863. The third-order valence-electron chi connectivity index (χ3n) is 4.53. The molecule has 8 nitrogen and oxygen atoms in total. The lowest BCUT2D eigenvalue weighted by Crippen LogP contribution is -2.47. The van der Waals surface area contributed by atoms with E-state index in [1.165, 1.54) is 6.26 Å². The highest BCUT2D eigenvalue weighted by atomic mass is 35.5. The van der Waals surface area contributed by atoms with Gasteiger partial charge in [-0.05, 0) is 26.0 Å². The molecular weight excluding hydrogens is 399 g/mol. The van der Waals surface area contributed by atoms with Gasteiger partial charge in [0.25, 0.3) is 0 Å². The van der Waals surface area contributed by atoms with Crippen LogP contribution in [-0.2, 0) is 19.1 Å². The molecule has 2 heterocycles. The van der Waals surface area contributed by atoms with E-state index in [4.69, 9.17) is 37.1 Å². The molecule has 0 bridgehead atoms. The third kappa shape index (κ3) is 3.64. The van der Waals surface area contributed by atoms with Crippen molar-refractivity contribution in [3.8, 4) is 0 Å². The van der Waals surface area contributed by atoms with Crippen molar-refractivity contribution in [1.29, 1.82) is 0 Å². The first-order chi connectivity index (χ1) is 12.7. The molecule has 1 aromatic heterocycles. The fraction of sp³-hybridized carbons (Fsp3) is 0.471. The second-order valence-electron chi connectivity index (χ2n) is 6.45. The molecule has 0 spiro atoms. The van der Waals surface area contributed by atoms with E-state index in [0.29, 0.717) is 5.76 Å². The van der Waals surface area contributed by atoms with Crippen LogP contribution in [0.1, 0.15) is 32.1 Å². The van der Waals surface area contributed by atoms with Crippen molar-refractivity contribution >= 4 is 41.2 Å². The number of amides is 2. The number of furan rings is 1. The average Bonchev–Trinajstić information content (AvgIpc) is 2.97. The zero-order valence-corrected chi connectivity index (χ0v) is 16.1. The van der Waals surface area contributed by atoms with Crippen molar-refractivity contribution in [2.45, 2.75) is 30.6 Å². The predicted octanol–water partition coefficient (Wildman–Crippen LogP) is 2.58. The Bertz CT molecular complexity index is 804. The Morgan fingerprint density at radius 3 is 2.63 bits per heavy atom. The number of carbonyl (C=O) groups is 3. The van der Waals surface area contributed by atoms with Crippen molar-refractivity contribution in [3.05, 3.63) is 35.4 Å². The number of halogens is 2. The molecule has 1 fully saturated rings. The van der Waals surface area contributed by atoms with Gasteiger partial charge in [-0.2, -0.15) is 0 Å². The van der Waals surface area contributed by atoms with Crippen LogP contribution < -0.4 is 10.6 Å². The molecule has 27 heavy (non-hydrogen) atoms. The van der Waals surface area contributed by atoms with Crippen molar-refractivity contribution in [2.24, 2.45) is 5.41 Å². The molecule has 1 aliphatic carbocycles. The van der Waals surface area contributed by atoms with Gasteiger partial charge in [0, 0.05) is 6.42 Å². The molecule has 3 rings (SSSR count). The van der Waals surface area contributed by atoms with E-state index >= 15 is 0 Å². The zero-order chi connectivity index (χ0) is 19.8. The molecule has 10 heteroatoms. The summed E-state index contributed by atoms with van der Waals surface area (Å²) in [5, 5.41) is 5.09. The summed E-state index contributed by atoms with van der Waals surface area (Å²) in [6.07, 6.45) is 1.68. The Morgan fingerprint density at radius 1 is 1.37 bits per heavy atom. The van der Waals surface area contributed by atoms with E-state index in [2.05, 4.69) is 10.6 Å². The van der Waals surface area contributed by atoms with Gasteiger partial charge in [0.1, 0.15) is 28.2 Å². The second-order valence-corrected chi connectivity index (χ2v) is 7.93. The van der Waals surface area contributed by atoms with E-state index in [0.717, 1.165) is 0 Å². The second kappa shape index (κ2) is 7.09. The van der Waals surface area contributed by atoms with Crippen molar-refractivity contribution < 1.29 is 28.3 Å². The molecule has 0 unspecified atom stereocenters. The maximum absolute atomic E-state index is 12.5. The van der Waals surface area contributed by atoms with Gasteiger partial charge in [0.2, 0.25) is 0 Å². The summed E-state index contributed by atoms with van der Waals surface area (Å²) in [6, 6.07) is 1.79. The Balaban J connectivity index is 1.87. The topological polar surface area (TPSA) is 107 Å². The van der Waals surface area contributed by atoms with Crippen LogP contribution in [0.5, 0.6) is 0 Å². The lowest BCUT2D eigenvalue weighted by molar-refractivity contribution is -0.149. The van der Waals surface area contributed by atoms with E-state index in [9.17, 15) is 14.4 Å². The Labute approximate surface area is 165 Å². The molecule has 0 saturated heterocycles. The molecule has 2 atom stereocenters. The number of hydrogen-bond acceptors (Lipinski definition) is 6. The minimum atomic E-state index is -1.18. The predicted molar refractivity (Wildman–Crippen MR) is 94.9 cm³/mol. The first-order valence-corrected chi connectivity index (χ1v) is 9.01. The Morgan fingerprint density at radius 2 is 2.07 bits per heavy atom. The van der Waals surface area contributed by atoms with Gasteiger partial charge in [-0.15, -0.1) is 23.2 Å². The van der Waals surface area contributed by atoms with Crippen LogP contribution in [0.25, 0.3) is 0 Å². The van der Waals surface area contributed by atoms with Gasteiger partial charge in [0.15, 0.2) is 0 Å². The van der Waals surface area contributed by atoms with Crippen LogP contribution in [0.3, 0.4) is 0 Å². The SMILES string of the molecule is CCOC(=O)C1=C(COC(=O)[C@@]2(C)CC2(Cl)Cl)NC(=O)N[C@H]1c1ccco1. The largest absolute Gasteiger partial charge is 0.467 e. The summed E-state index contributed by atoms with van der Waals surface area (Å²) in [7, 11) is 0. The molecule has 1 saturated carbocycles. The van der Waals surface area contributed by atoms with Crippen LogP contribution in [0, 0.1) is 5.41 Å². The molecule has 0 radical (unpaired) electrons. The number of ether oxygens (including phenoxy) is 2. The van der Waals surface area contributed by atoms with Gasteiger partial charge in [-0.1, -0.05) is 0 Å². The normalized spacial score (nSPS) is 26.1. The fourth-order valence-corrected chi connectivity index (χ4v) is 3.46. The Hall–Kier alpha value is -2.19. The monoisotopic (exact) mass is 416 g/mol. The summed E-state index contributed by atoms with van der Waals surface area (Å²) in [6.45, 7) is 3.02. The highest BCUT2D eigenvalue weighted by Crippen LogP contribution is 2.64. The van der Waals surface area contributed by atoms with Crippen LogP contribution in [0.4, 0.5) is 4.79 Å². The first-order valence-electron chi connectivity index (χ1n) is 8.25. The fourth-order valence-electron chi connectivity index (χ4n) is 2.77. The third-order valence-corrected chi connectivity index (χ3v) is 5.63. The summed E-state index contributed by atoms with van der Waals surface area (Å²) in [5.41, 5.74) is -0.841. The zero-order valence-electron chi connectivity index (χ0n) is 14.6. The summed E-state index contributed by atoms with van der Waals surface area (Å²) in [4.78, 5) is 36.8. The van der Waals surface area contributed by atoms with Crippen LogP contribution in [0.2, 0.25) is 0 Å². The number of nitrogens with one attached hydrogen (secondary N) is 2. The molecular formula is C17H18Cl2N2O6. The molecule has 146 valence electrons. The van der Waals surface area contributed by atoms with Gasteiger partial charge in [0.05, 0.1) is 24.1 Å². The van der Waals surface area contributed by atoms with Gasteiger partial charge < -0.3 is 24.5 Å². The lowest BCUT2D eigenvalue weighted by atomic mass is 10.0. The van der Waals surface area contributed by atoms with Crippen molar-refractivity contribution in [3.63, 3.8) is 0 Å².